The Morgan fingerprint density at radius 2 is 1.73 bits per heavy atom. The van der Waals surface area contributed by atoms with Crippen molar-refractivity contribution in [3.8, 4) is 34.1 Å². The normalized spacial score (nSPS) is 11.9. The summed E-state index contributed by atoms with van der Waals surface area (Å²) in [7, 11) is 6.24. The van der Waals surface area contributed by atoms with Crippen LogP contribution in [0, 0.1) is 18.3 Å². The van der Waals surface area contributed by atoms with Gasteiger partial charge in [-0.25, -0.2) is 9.20 Å². The molecule has 0 spiro atoms. The maximum absolute atomic E-state index is 13.8. The van der Waals surface area contributed by atoms with Crippen molar-refractivity contribution in [1.82, 2.24) is 34.2 Å². The van der Waals surface area contributed by atoms with Gasteiger partial charge in [0.25, 0.3) is 0 Å². The number of rotatable bonds is 12. The van der Waals surface area contributed by atoms with E-state index in [-0.39, 0.29) is 0 Å². The van der Waals surface area contributed by atoms with Gasteiger partial charge in [0.2, 0.25) is 5.95 Å². The quantitative estimate of drug-likeness (QED) is 0.169. The van der Waals surface area contributed by atoms with E-state index in [1.54, 1.807) is 45.7 Å². The number of hydrogen-bond acceptors (Lipinski definition) is 7. The molecule has 0 bridgehead atoms. The second-order valence-electron chi connectivity index (χ2n) is 11.4. The summed E-state index contributed by atoms with van der Waals surface area (Å²) in [6, 6.07) is 16.3. The summed E-state index contributed by atoms with van der Waals surface area (Å²) in [6.45, 7) is 5.47. The highest BCUT2D eigenvalue weighted by Gasteiger charge is 2.31. The van der Waals surface area contributed by atoms with E-state index in [1.807, 2.05) is 19.2 Å². The zero-order valence-electron chi connectivity index (χ0n) is 25.8. The molecule has 45 heavy (non-hydrogen) atoms. The van der Waals surface area contributed by atoms with E-state index in [9.17, 15) is 18.4 Å². The van der Waals surface area contributed by atoms with Crippen molar-refractivity contribution < 1.29 is 13.2 Å². The predicted molar refractivity (Wildman–Crippen MR) is 169 cm³/mol. The van der Waals surface area contributed by atoms with Gasteiger partial charge in [-0.1, -0.05) is 12.1 Å². The number of pyridine rings is 1. The number of fused-ring (bicyclic) bond motifs is 1. The lowest BCUT2D eigenvalue weighted by atomic mass is 9.95. The fourth-order valence-corrected chi connectivity index (χ4v) is 5.34. The fraction of sp³-hybridized carbons (Fsp3) is 0.333. The van der Waals surface area contributed by atoms with Crippen LogP contribution in [0.25, 0.3) is 33.7 Å². The van der Waals surface area contributed by atoms with Crippen molar-refractivity contribution in [3.05, 3.63) is 83.7 Å². The van der Waals surface area contributed by atoms with Crippen LogP contribution in [0.4, 0.5) is 19.1 Å². The molecule has 5 aromatic rings. The monoisotopic (exact) mass is 615 g/mol. The van der Waals surface area contributed by atoms with Gasteiger partial charge in [0, 0.05) is 23.9 Å². The minimum atomic E-state index is -4.49. The van der Waals surface area contributed by atoms with Crippen molar-refractivity contribution in [3.63, 3.8) is 0 Å². The van der Waals surface area contributed by atoms with Gasteiger partial charge in [0.05, 0.1) is 34.8 Å². The smallest absolute Gasteiger partial charge is 0.353 e. The zero-order chi connectivity index (χ0) is 32.1. The maximum atomic E-state index is 13.8. The summed E-state index contributed by atoms with van der Waals surface area (Å²) in [5, 5.41) is 21.7. The highest BCUT2D eigenvalue weighted by Crippen LogP contribution is 2.38. The number of alkyl halides is 3. The third-order valence-corrected chi connectivity index (χ3v) is 7.67. The fourth-order valence-electron chi connectivity index (χ4n) is 5.34. The molecule has 0 amide bonds. The van der Waals surface area contributed by atoms with E-state index in [2.05, 4.69) is 52.5 Å². The molecular formula is C33H36F3N9. The number of hydrogen-bond donors (Lipinski definition) is 1. The molecule has 0 unspecified atom stereocenters. The molecule has 0 aliphatic rings. The Hall–Kier alpha value is -4.73. The summed E-state index contributed by atoms with van der Waals surface area (Å²) < 4.78 is 44.6. The maximum Gasteiger partial charge on any atom is 0.416 e. The Balaban J connectivity index is 1.51. The third-order valence-electron chi connectivity index (χ3n) is 7.67. The first-order chi connectivity index (χ1) is 21.5. The standard InChI is InChI=1S/C33H36F3N9/c1-23-28(29-14-16-39-45(29)27-12-10-24(21-37)11-13-27)22-44-31(30(23)25-8-5-9-26(20-25)33(34,35)36)40-32(41-44)38-15-6-18-43(4)19-7-17-42(2)3/h5,8-14,16,20,22H,6-7,15,17-19H2,1-4H3,(H,38,41). The van der Waals surface area contributed by atoms with Crippen molar-refractivity contribution in [1.29, 1.82) is 5.26 Å². The number of benzene rings is 2. The largest absolute Gasteiger partial charge is 0.416 e. The van der Waals surface area contributed by atoms with Crippen LogP contribution in [-0.4, -0.2) is 81.5 Å². The third kappa shape index (κ3) is 7.33. The van der Waals surface area contributed by atoms with Crippen LogP contribution in [0.1, 0.15) is 29.5 Å². The minimum Gasteiger partial charge on any atom is -0.353 e. The summed E-state index contributed by atoms with van der Waals surface area (Å²) in [5.74, 6) is 0.399. The van der Waals surface area contributed by atoms with Crippen LogP contribution in [-0.2, 0) is 6.18 Å². The molecular weight excluding hydrogens is 579 g/mol. The number of aromatic nitrogens is 5. The van der Waals surface area contributed by atoms with E-state index in [0.29, 0.717) is 34.8 Å². The lowest BCUT2D eigenvalue weighted by molar-refractivity contribution is -0.137. The number of nitriles is 1. The molecule has 3 aromatic heterocycles. The van der Waals surface area contributed by atoms with Crippen LogP contribution in [0.5, 0.6) is 0 Å². The molecule has 0 radical (unpaired) electrons. The van der Waals surface area contributed by atoms with E-state index in [4.69, 9.17) is 4.98 Å². The van der Waals surface area contributed by atoms with Crippen molar-refractivity contribution in [2.75, 3.05) is 52.6 Å². The predicted octanol–water partition coefficient (Wildman–Crippen LogP) is 6.13. The molecule has 0 aliphatic heterocycles. The van der Waals surface area contributed by atoms with Crippen LogP contribution in [0.3, 0.4) is 0 Å². The average molecular weight is 616 g/mol. The number of nitrogens with zero attached hydrogens (tertiary/aromatic N) is 8. The molecule has 0 fully saturated rings. The minimum absolute atomic E-state index is 0.386. The Bertz CT molecular complexity index is 1800. The van der Waals surface area contributed by atoms with Crippen LogP contribution in [0.15, 0.2) is 67.0 Å². The molecule has 2 aromatic carbocycles. The Labute approximate surface area is 260 Å². The van der Waals surface area contributed by atoms with Crippen molar-refractivity contribution in [2.45, 2.75) is 25.9 Å². The molecule has 3 heterocycles. The van der Waals surface area contributed by atoms with Crippen LogP contribution in [0.2, 0.25) is 0 Å². The number of anilines is 1. The van der Waals surface area contributed by atoms with Gasteiger partial charge in [0.1, 0.15) is 0 Å². The number of nitrogens with one attached hydrogen (secondary N) is 1. The van der Waals surface area contributed by atoms with Gasteiger partial charge in [-0.2, -0.15) is 28.5 Å². The van der Waals surface area contributed by atoms with Crippen LogP contribution < -0.4 is 5.32 Å². The van der Waals surface area contributed by atoms with Gasteiger partial charge in [-0.3, -0.25) is 0 Å². The highest BCUT2D eigenvalue weighted by atomic mass is 19.4. The van der Waals surface area contributed by atoms with Gasteiger partial charge in [-0.15, -0.1) is 5.10 Å². The van der Waals surface area contributed by atoms with Crippen molar-refractivity contribution in [2.24, 2.45) is 0 Å². The SMILES string of the molecule is Cc1c(-c2ccnn2-c2ccc(C#N)cc2)cn2nc(NCCCN(C)CCCN(C)C)nc2c1-c1cccc(C(F)(F)F)c1. The summed E-state index contributed by atoms with van der Waals surface area (Å²) in [5.41, 5.74) is 4.08. The van der Waals surface area contributed by atoms with Gasteiger partial charge in [-0.05, 0) is 114 Å². The summed E-state index contributed by atoms with van der Waals surface area (Å²) in [4.78, 5) is 9.20. The summed E-state index contributed by atoms with van der Waals surface area (Å²) in [6.07, 6.45) is 0.964. The summed E-state index contributed by atoms with van der Waals surface area (Å²) >= 11 is 0. The van der Waals surface area contributed by atoms with Gasteiger partial charge in [0.15, 0.2) is 5.65 Å². The second kappa shape index (κ2) is 13.5. The highest BCUT2D eigenvalue weighted by molar-refractivity contribution is 5.86. The Morgan fingerprint density at radius 1 is 0.978 bits per heavy atom. The molecule has 12 heteroatoms. The van der Waals surface area contributed by atoms with E-state index in [0.717, 1.165) is 67.1 Å². The molecule has 0 atom stereocenters. The average Bonchev–Trinajstić information content (AvgIpc) is 3.66. The molecule has 234 valence electrons. The van der Waals surface area contributed by atoms with E-state index in [1.165, 1.54) is 6.07 Å². The van der Waals surface area contributed by atoms with E-state index >= 15 is 0 Å². The van der Waals surface area contributed by atoms with Crippen LogP contribution >= 0.6 is 0 Å². The molecule has 0 saturated carbocycles. The molecule has 9 nitrogen and oxygen atoms in total. The Kier molecular flexibility index (Phi) is 9.51. The first kappa shape index (κ1) is 31.7. The molecule has 0 saturated heterocycles. The van der Waals surface area contributed by atoms with E-state index < -0.39 is 11.7 Å². The Morgan fingerprint density at radius 3 is 2.44 bits per heavy atom. The second-order valence-corrected chi connectivity index (χ2v) is 11.4. The lowest BCUT2D eigenvalue weighted by Crippen LogP contribution is -2.25. The molecule has 1 N–H and O–H groups in total. The molecule has 5 rings (SSSR count). The van der Waals surface area contributed by atoms with Gasteiger partial charge >= 0.3 is 6.18 Å². The zero-order valence-corrected chi connectivity index (χ0v) is 25.8. The first-order valence-corrected chi connectivity index (χ1v) is 14.7. The number of halogens is 3. The topological polar surface area (TPSA) is 90.3 Å². The molecule has 0 aliphatic carbocycles. The lowest BCUT2D eigenvalue weighted by Gasteiger charge is -2.17. The first-order valence-electron chi connectivity index (χ1n) is 14.7. The van der Waals surface area contributed by atoms with Gasteiger partial charge < -0.3 is 15.1 Å². The van der Waals surface area contributed by atoms with Crippen molar-refractivity contribution >= 4 is 11.6 Å².